The van der Waals surface area contributed by atoms with Gasteiger partial charge in [-0.15, -0.1) is 0 Å². The Kier molecular flexibility index (Phi) is 6.45. The molecule has 1 heterocycles. The van der Waals surface area contributed by atoms with Crippen molar-refractivity contribution < 1.29 is 9.59 Å². The van der Waals surface area contributed by atoms with Gasteiger partial charge < -0.3 is 10.6 Å². The number of nitrogens with one attached hydrogen (secondary N) is 2. The van der Waals surface area contributed by atoms with Crippen LogP contribution < -0.4 is 10.6 Å². The van der Waals surface area contributed by atoms with E-state index in [1.54, 1.807) is 0 Å². The molecule has 1 aliphatic heterocycles. The molecule has 1 saturated carbocycles. The lowest BCUT2D eigenvalue weighted by atomic mass is 10.0. The van der Waals surface area contributed by atoms with Crippen LogP contribution in [-0.2, 0) is 16.1 Å². The summed E-state index contributed by atoms with van der Waals surface area (Å²) >= 11 is 0. The topological polar surface area (TPSA) is 61.4 Å². The van der Waals surface area contributed by atoms with Crippen LogP contribution in [0.4, 0.5) is 0 Å². The van der Waals surface area contributed by atoms with Crippen LogP contribution in [0, 0.1) is 0 Å². The highest BCUT2D eigenvalue weighted by molar-refractivity contribution is 5.89. The average Bonchev–Trinajstić information content (AvgIpc) is 2.99. The first-order valence-electron chi connectivity index (χ1n) is 11.0. The van der Waals surface area contributed by atoms with Crippen LogP contribution in [0.1, 0.15) is 50.5 Å². The minimum Gasteiger partial charge on any atom is -0.353 e. The zero-order valence-electron chi connectivity index (χ0n) is 17.0. The fourth-order valence-electron chi connectivity index (χ4n) is 4.63. The van der Waals surface area contributed by atoms with E-state index >= 15 is 0 Å². The van der Waals surface area contributed by atoms with Crippen molar-refractivity contribution in [2.45, 2.75) is 63.6 Å². The van der Waals surface area contributed by atoms with Gasteiger partial charge in [0.05, 0.1) is 12.5 Å². The number of carbonyl (C=O) groups excluding carboxylic acids is 2. The Balaban J connectivity index is 1.42. The van der Waals surface area contributed by atoms with Gasteiger partial charge in [-0.1, -0.05) is 62.1 Å². The Morgan fingerprint density at radius 2 is 1.79 bits per heavy atom. The van der Waals surface area contributed by atoms with Crippen molar-refractivity contribution in [1.29, 1.82) is 0 Å². The monoisotopic (exact) mass is 393 g/mol. The summed E-state index contributed by atoms with van der Waals surface area (Å²) in [6.07, 6.45) is 7.24. The van der Waals surface area contributed by atoms with E-state index in [9.17, 15) is 9.59 Å². The number of benzene rings is 2. The van der Waals surface area contributed by atoms with Gasteiger partial charge in [-0.2, -0.15) is 0 Å². The van der Waals surface area contributed by atoms with Gasteiger partial charge in [-0.3, -0.25) is 14.5 Å². The highest BCUT2D eigenvalue weighted by Crippen LogP contribution is 2.20. The number of nitrogens with zero attached hydrogens (tertiary/aromatic N) is 1. The summed E-state index contributed by atoms with van der Waals surface area (Å²) in [6.45, 7) is 2.08. The molecular formula is C24H31N3O2. The summed E-state index contributed by atoms with van der Waals surface area (Å²) in [5.41, 5.74) is 1.17. The summed E-state index contributed by atoms with van der Waals surface area (Å²) in [5, 5.41) is 8.54. The molecule has 1 atom stereocenters. The molecule has 2 N–H and O–H groups in total. The van der Waals surface area contributed by atoms with Crippen molar-refractivity contribution in [3.8, 4) is 0 Å². The zero-order chi connectivity index (χ0) is 20.1. The second-order valence-electron chi connectivity index (χ2n) is 8.42. The standard InChI is InChI=1S/C24H31N3O2/c28-23(26-21-9-3-1-2-4-10-21)16-22-24(29)25-13-14-27(22)17-18-11-12-19-7-5-6-8-20(19)15-18/h5-8,11-12,15,21-22H,1-4,9-10,13-14,16-17H2,(H,25,29)(H,26,28)/t22-/m0/s1. The van der Waals surface area contributed by atoms with Crippen molar-refractivity contribution in [3.63, 3.8) is 0 Å². The molecule has 0 aromatic heterocycles. The third-order valence-electron chi connectivity index (χ3n) is 6.24. The molecule has 0 bridgehead atoms. The molecule has 0 radical (unpaired) electrons. The highest BCUT2D eigenvalue weighted by atomic mass is 16.2. The number of rotatable bonds is 5. The van der Waals surface area contributed by atoms with Gasteiger partial charge in [0.1, 0.15) is 0 Å². The van der Waals surface area contributed by atoms with Crippen molar-refractivity contribution in [2.75, 3.05) is 13.1 Å². The second-order valence-corrected chi connectivity index (χ2v) is 8.42. The van der Waals surface area contributed by atoms with Gasteiger partial charge in [0.15, 0.2) is 0 Å². The van der Waals surface area contributed by atoms with E-state index in [1.165, 1.54) is 42.0 Å². The van der Waals surface area contributed by atoms with E-state index in [1.807, 2.05) is 12.1 Å². The van der Waals surface area contributed by atoms with Crippen molar-refractivity contribution in [1.82, 2.24) is 15.5 Å². The molecule has 5 heteroatoms. The number of amides is 2. The Morgan fingerprint density at radius 1 is 1.03 bits per heavy atom. The first-order chi connectivity index (χ1) is 14.2. The number of piperazine rings is 1. The van der Waals surface area contributed by atoms with Crippen molar-refractivity contribution in [3.05, 3.63) is 48.0 Å². The van der Waals surface area contributed by atoms with Crippen LogP contribution in [0.3, 0.4) is 0 Å². The smallest absolute Gasteiger partial charge is 0.237 e. The minimum absolute atomic E-state index is 0.00228. The molecule has 154 valence electrons. The van der Waals surface area contributed by atoms with Crippen LogP contribution in [0.15, 0.2) is 42.5 Å². The lowest BCUT2D eigenvalue weighted by Gasteiger charge is -2.35. The maximum atomic E-state index is 12.7. The lowest BCUT2D eigenvalue weighted by molar-refractivity contribution is -0.134. The first-order valence-corrected chi connectivity index (χ1v) is 11.0. The van der Waals surface area contributed by atoms with E-state index in [2.05, 4.69) is 45.9 Å². The number of carbonyl (C=O) groups is 2. The molecule has 2 aromatic rings. The fraction of sp³-hybridized carbons (Fsp3) is 0.500. The molecule has 5 nitrogen and oxygen atoms in total. The van der Waals surface area contributed by atoms with Crippen LogP contribution in [0.25, 0.3) is 10.8 Å². The zero-order valence-corrected chi connectivity index (χ0v) is 17.0. The van der Waals surface area contributed by atoms with Crippen LogP contribution in [0.5, 0.6) is 0 Å². The van der Waals surface area contributed by atoms with Gasteiger partial charge in [-0.25, -0.2) is 0 Å². The Bertz CT molecular complexity index is 858. The molecule has 0 spiro atoms. The summed E-state index contributed by atoms with van der Waals surface area (Å²) in [5.74, 6) is -0.0319. The molecule has 1 aliphatic carbocycles. The Labute approximate surface area is 172 Å². The van der Waals surface area contributed by atoms with Gasteiger partial charge in [0, 0.05) is 25.7 Å². The average molecular weight is 394 g/mol. The molecule has 4 rings (SSSR count). The largest absolute Gasteiger partial charge is 0.353 e. The van der Waals surface area contributed by atoms with Crippen LogP contribution >= 0.6 is 0 Å². The van der Waals surface area contributed by atoms with Crippen molar-refractivity contribution in [2.24, 2.45) is 0 Å². The van der Waals surface area contributed by atoms with Crippen molar-refractivity contribution >= 4 is 22.6 Å². The number of hydrogen-bond acceptors (Lipinski definition) is 3. The number of fused-ring (bicyclic) bond motifs is 1. The Morgan fingerprint density at radius 3 is 2.59 bits per heavy atom. The number of hydrogen-bond donors (Lipinski definition) is 2. The van der Waals surface area contributed by atoms with E-state index in [0.29, 0.717) is 13.1 Å². The molecule has 0 unspecified atom stereocenters. The minimum atomic E-state index is -0.402. The SMILES string of the molecule is O=C(C[C@H]1C(=O)NCCN1Cc1ccc2ccccc2c1)NC1CCCCCC1. The summed E-state index contributed by atoms with van der Waals surface area (Å²) < 4.78 is 0. The van der Waals surface area contributed by atoms with E-state index in [-0.39, 0.29) is 24.3 Å². The van der Waals surface area contributed by atoms with Crippen LogP contribution in [-0.4, -0.2) is 41.9 Å². The third-order valence-corrected chi connectivity index (χ3v) is 6.24. The summed E-state index contributed by atoms with van der Waals surface area (Å²) in [6, 6.07) is 14.6. The third kappa shape index (κ3) is 5.15. The van der Waals surface area contributed by atoms with E-state index in [4.69, 9.17) is 0 Å². The maximum Gasteiger partial charge on any atom is 0.237 e. The molecule has 2 fully saturated rings. The fourth-order valence-corrected chi connectivity index (χ4v) is 4.63. The van der Waals surface area contributed by atoms with Gasteiger partial charge in [0.2, 0.25) is 11.8 Å². The predicted molar refractivity (Wildman–Crippen MR) is 115 cm³/mol. The predicted octanol–water partition coefficient (Wildman–Crippen LogP) is 3.37. The summed E-state index contributed by atoms with van der Waals surface area (Å²) in [4.78, 5) is 27.4. The molecular weight excluding hydrogens is 362 g/mol. The van der Waals surface area contributed by atoms with Gasteiger partial charge >= 0.3 is 0 Å². The van der Waals surface area contributed by atoms with E-state index < -0.39 is 6.04 Å². The molecule has 2 aromatic carbocycles. The van der Waals surface area contributed by atoms with Gasteiger partial charge in [-0.05, 0) is 35.2 Å². The molecule has 29 heavy (non-hydrogen) atoms. The molecule has 2 aliphatic rings. The lowest BCUT2D eigenvalue weighted by Crippen LogP contribution is -2.56. The molecule has 1 saturated heterocycles. The quantitative estimate of drug-likeness (QED) is 0.766. The Hall–Kier alpha value is -2.40. The highest BCUT2D eigenvalue weighted by Gasteiger charge is 2.32. The summed E-state index contributed by atoms with van der Waals surface area (Å²) in [7, 11) is 0. The maximum absolute atomic E-state index is 12.7. The van der Waals surface area contributed by atoms with Gasteiger partial charge in [0.25, 0.3) is 0 Å². The van der Waals surface area contributed by atoms with E-state index in [0.717, 1.165) is 19.4 Å². The molecule has 2 amide bonds. The van der Waals surface area contributed by atoms with Crippen LogP contribution in [0.2, 0.25) is 0 Å². The first kappa shape index (κ1) is 19.9. The second kappa shape index (κ2) is 9.40. The normalized spacial score (nSPS) is 21.5.